The Bertz CT molecular complexity index is 1270. The summed E-state index contributed by atoms with van der Waals surface area (Å²) in [5, 5.41) is 0. The maximum atomic E-state index is 12.2. The van der Waals surface area contributed by atoms with Gasteiger partial charge in [0, 0.05) is 48.5 Å². The number of hydrogen-bond donors (Lipinski definition) is 0. The van der Waals surface area contributed by atoms with Gasteiger partial charge in [-0.2, -0.15) is 110 Å². The quantitative estimate of drug-likeness (QED) is 0.201. The van der Waals surface area contributed by atoms with Crippen LogP contribution in [0.15, 0.2) is 24.3 Å². The largest absolute Gasteiger partial charge is 0.460 e. The summed E-state index contributed by atoms with van der Waals surface area (Å²) in [5.74, 6) is -59.3. The lowest BCUT2D eigenvalue weighted by atomic mass is 10.0. The molecule has 0 aliphatic rings. The van der Waals surface area contributed by atoms with Crippen LogP contribution in [-0.4, -0.2) is 89.7 Å². The number of halogens is 30. The van der Waals surface area contributed by atoms with Crippen LogP contribution in [0, 0.1) is 13.8 Å². The molecule has 0 saturated carbocycles. The Morgan fingerprint density at radius 2 is 0.516 bits per heavy atom. The Balaban J connectivity index is -0.000000221. The molecule has 1 aromatic rings. The Morgan fingerprint density at radius 1 is 0.339 bits per heavy atom. The summed E-state index contributed by atoms with van der Waals surface area (Å²) in [5.41, 5.74) is 2.66. The van der Waals surface area contributed by atoms with Crippen molar-refractivity contribution in [2.45, 2.75) is 159 Å². The summed E-state index contributed by atoms with van der Waals surface area (Å²) in [6.45, 7) is 1.75. The molecular formula is C31H36F30O. The third kappa shape index (κ3) is 19.0. The second-order valence-electron chi connectivity index (χ2n) is 12.8. The molecule has 31 heteroatoms. The maximum absolute atomic E-state index is 12.2. The van der Waals surface area contributed by atoms with Crippen molar-refractivity contribution in [3.8, 4) is 0 Å². The summed E-state index contributed by atoms with van der Waals surface area (Å²) in [6.07, 6.45) is -21.5. The minimum absolute atomic E-state index is 0. The molecule has 0 aliphatic heterocycles. The van der Waals surface area contributed by atoms with Crippen LogP contribution in [0.1, 0.15) is 67.0 Å². The van der Waals surface area contributed by atoms with Gasteiger partial charge < -0.3 is 0 Å². The molecule has 0 atom stereocenters. The molecule has 0 unspecified atom stereocenters. The molecule has 0 spiro atoms. The lowest BCUT2D eigenvalue weighted by Gasteiger charge is -2.33. The zero-order chi connectivity index (χ0) is 51.3. The van der Waals surface area contributed by atoms with E-state index in [0.29, 0.717) is 0 Å². The number of hydrogen-bond acceptors (Lipinski definition) is 1. The fraction of sp³-hybridized carbons (Fsp3) is 0.806. The molecule has 0 aromatic heterocycles. The second kappa shape index (κ2) is 20.9. The Hall–Kier alpha value is -2.92. The number of alkyl halides is 30. The van der Waals surface area contributed by atoms with Crippen molar-refractivity contribution >= 4 is 0 Å². The highest BCUT2D eigenvalue weighted by Crippen LogP contribution is 2.54. The van der Waals surface area contributed by atoms with Gasteiger partial charge in [-0.3, -0.25) is 0 Å². The predicted octanol–water partition coefficient (Wildman–Crippen LogP) is 16.1. The van der Waals surface area contributed by atoms with Gasteiger partial charge in [0.2, 0.25) is 6.17 Å². The molecule has 0 N–H and O–H groups in total. The van der Waals surface area contributed by atoms with Gasteiger partial charge in [-0.05, 0) is 13.8 Å². The van der Waals surface area contributed by atoms with Crippen LogP contribution in [0.5, 0.6) is 0 Å². The summed E-state index contributed by atoms with van der Waals surface area (Å²) in [4.78, 5) is 0. The molecule has 0 heterocycles. The Labute approximate surface area is 332 Å². The van der Waals surface area contributed by atoms with Crippen molar-refractivity contribution in [2.24, 2.45) is 0 Å². The zero-order valence-corrected chi connectivity index (χ0v) is 31.6. The van der Waals surface area contributed by atoms with Crippen LogP contribution in [0.4, 0.5) is 132 Å². The molecule has 0 fully saturated rings. The molecule has 0 bridgehead atoms. The lowest BCUT2D eigenvalue weighted by Crippen LogP contribution is -2.60. The van der Waals surface area contributed by atoms with E-state index < -0.39 is 124 Å². The highest BCUT2D eigenvalue weighted by Gasteiger charge is 2.80. The van der Waals surface area contributed by atoms with Crippen molar-refractivity contribution < 1.29 is 136 Å². The molecule has 0 radical (unpaired) electrons. The van der Waals surface area contributed by atoms with E-state index in [-0.39, 0.29) is 21.3 Å². The highest BCUT2D eigenvalue weighted by molar-refractivity contribution is 5.19. The normalized spacial score (nSPS) is 14.5. The van der Waals surface area contributed by atoms with Crippen LogP contribution < -0.4 is 0 Å². The van der Waals surface area contributed by atoms with E-state index in [4.69, 9.17) is 0 Å². The van der Waals surface area contributed by atoms with Crippen molar-refractivity contribution in [3.63, 3.8) is 0 Å². The lowest BCUT2D eigenvalue weighted by molar-refractivity contribution is -0.462. The van der Waals surface area contributed by atoms with Gasteiger partial charge in [0.25, 0.3) is 11.8 Å². The van der Waals surface area contributed by atoms with E-state index in [9.17, 15) is 132 Å². The van der Waals surface area contributed by atoms with E-state index in [1.807, 2.05) is 0 Å². The van der Waals surface area contributed by atoms with Gasteiger partial charge in [0.05, 0.1) is 0 Å². The van der Waals surface area contributed by atoms with Gasteiger partial charge in [-0.1, -0.05) is 42.8 Å². The molecule has 376 valence electrons. The van der Waals surface area contributed by atoms with Crippen LogP contribution in [-0.2, 0) is 4.74 Å². The number of benzene rings is 1. The van der Waals surface area contributed by atoms with Crippen LogP contribution in [0.2, 0.25) is 0 Å². The standard InChI is InChI=1S/C8H10.C6H6F8O.C6H6F8.C5H3F9.C5H7F5.CH4/c1-7-3-5-8(2)6-4-7;1-3(7,8)5(11,12)15-6(13,14)4(2,9)10;1-3(7,8)5(11,12)6(13,14)4(2,9)10;1-2(6,7)3(8,9)4(10,11)5(12,13)14;1-4(7,8)3(6)5(2,9)10;/h3-6H,1-2H3;1-2H3;1-2H3;1H3;3H,1-2H3;1H4. The van der Waals surface area contributed by atoms with Crippen LogP contribution in [0.25, 0.3) is 0 Å². The summed E-state index contributed by atoms with van der Waals surface area (Å²) in [7, 11) is 0. The van der Waals surface area contributed by atoms with Crippen molar-refractivity contribution in [2.75, 3.05) is 0 Å². The average Bonchev–Trinajstić information content (AvgIpc) is 2.94. The number of rotatable bonds is 11. The van der Waals surface area contributed by atoms with E-state index in [1.165, 1.54) is 11.1 Å². The predicted molar refractivity (Wildman–Crippen MR) is 159 cm³/mol. The maximum Gasteiger partial charge on any atom is 0.460 e. The fourth-order valence-corrected chi connectivity index (χ4v) is 2.43. The van der Waals surface area contributed by atoms with Crippen LogP contribution >= 0.6 is 0 Å². The van der Waals surface area contributed by atoms with Gasteiger partial charge in [-0.15, -0.1) is 0 Å². The topological polar surface area (TPSA) is 9.23 Å². The van der Waals surface area contributed by atoms with Gasteiger partial charge >= 0.3 is 71.7 Å². The Kier molecular flexibility index (Phi) is 23.0. The van der Waals surface area contributed by atoms with Crippen molar-refractivity contribution in [3.05, 3.63) is 35.4 Å². The average molecular weight is 995 g/mol. The van der Waals surface area contributed by atoms with E-state index >= 15 is 0 Å². The monoisotopic (exact) mass is 994 g/mol. The third-order valence-corrected chi connectivity index (χ3v) is 6.19. The fourth-order valence-electron chi connectivity index (χ4n) is 2.43. The highest BCUT2D eigenvalue weighted by atomic mass is 19.4. The molecule has 1 aromatic carbocycles. The summed E-state index contributed by atoms with van der Waals surface area (Å²) in [6, 6.07) is 8.48. The number of aryl methyl sites for hydroxylation is 2. The third-order valence-electron chi connectivity index (χ3n) is 6.19. The van der Waals surface area contributed by atoms with E-state index in [1.54, 1.807) is 0 Å². The first-order chi connectivity index (χ1) is 25.6. The first-order valence-corrected chi connectivity index (χ1v) is 15.0. The first-order valence-electron chi connectivity index (χ1n) is 15.0. The molecular weight excluding hydrogens is 958 g/mol. The van der Waals surface area contributed by atoms with Gasteiger partial charge in [-0.25, -0.2) is 26.7 Å². The van der Waals surface area contributed by atoms with Crippen molar-refractivity contribution in [1.82, 2.24) is 0 Å². The van der Waals surface area contributed by atoms with Crippen LogP contribution in [0.3, 0.4) is 0 Å². The molecule has 1 rings (SSSR count). The SMILES string of the molecule is C.CC(F)(F)C(F)(F)C(F)(F)C(C)(F)F.CC(F)(F)C(F)(F)C(F)(F)C(F)(F)F.CC(F)(F)C(F)(F)OC(F)(F)C(C)(F)F.CC(F)(F)C(F)C(C)(F)F.Cc1ccc(C)cc1. The smallest absolute Gasteiger partial charge is 0.246 e. The molecule has 0 saturated heterocycles. The molecule has 0 aliphatic carbocycles. The van der Waals surface area contributed by atoms with E-state index in [0.717, 1.165) is 0 Å². The van der Waals surface area contributed by atoms with Gasteiger partial charge in [0.15, 0.2) is 0 Å². The Morgan fingerprint density at radius 3 is 0.613 bits per heavy atom. The molecule has 62 heavy (non-hydrogen) atoms. The summed E-state index contributed by atoms with van der Waals surface area (Å²) >= 11 is 0. The van der Waals surface area contributed by atoms with E-state index in [2.05, 4.69) is 42.8 Å². The first kappa shape index (κ1) is 68.1. The molecule has 0 amide bonds. The van der Waals surface area contributed by atoms with Crippen molar-refractivity contribution in [1.29, 1.82) is 0 Å². The zero-order valence-electron chi connectivity index (χ0n) is 31.6. The minimum atomic E-state index is -6.77. The molecule has 1 nitrogen and oxygen atoms in total. The second-order valence-corrected chi connectivity index (χ2v) is 12.8. The minimum Gasteiger partial charge on any atom is -0.246 e. The van der Waals surface area contributed by atoms with Gasteiger partial charge in [0.1, 0.15) is 0 Å². The number of ether oxygens (including phenoxy) is 1. The summed E-state index contributed by atoms with van der Waals surface area (Å²) < 4.78 is 360.